The van der Waals surface area contributed by atoms with Gasteiger partial charge in [-0.15, -0.1) is 24.2 Å². The lowest BCUT2D eigenvalue weighted by atomic mass is 9.89. The fraction of sp³-hybridized carbons (Fsp3) is 0.647. The molecule has 0 amide bonds. The summed E-state index contributed by atoms with van der Waals surface area (Å²) in [6, 6.07) is 10.8. The van der Waals surface area contributed by atoms with Crippen LogP contribution in [-0.2, 0) is 0 Å². The third kappa shape index (κ3) is 4.88. The van der Waals surface area contributed by atoms with Crippen molar-refractivity contribution in [3.05, 3.63) is 30.3 Å². The van der Waals surface area contributed by atoms with Crippen molar-refractivity contribution in [2.75, 3.05) is 38.5 Å². The molecule has 0 aliphatic carbocycles. The van der Waals surface area contributed by atoms with Gasteiger partial charge in [0, 0.05) is 30.3 Å². The van der Waals surface area contributed by atoms with Gasteiger partial charge in [-0.2, -0.15) is 0 Å². The number of thioether (sulfide) groups is 1. The van der Waals surface area contributed by atoms with Crippen molar-refractivity contribution in [2.45, 2.75) is 24.7 Å². The van der Waals surface area contributed by atoms with Crippen LogP contribution in [-0.4, -0.2) is 43.4 Å². The van der Waals surface area contributed by atoms with E-state index in [4.69, 9.17) is 0 Å². The third-order valence-electron chi connectivity index (χ3n) is 4.66. The zero-order valence-electron chi connectivity index (χ0n) is 12.9. The van der Waals surface area contributed by atoms with E-state index in [1.165, 1.54) is 56.2 Å². The summed E-state index contributed by atoms with van der Waals surface area (Å²) in [5.41, 5.74) is 0.515. The summed E-state index contributed by atoms with van der Waals surface area (Å²) in [5.74, 6) is 2.15. The SMILES string of the molecule is CC1(CN2CCC(CSc3ccccc3)C2)CCNC1.Cl. The van der Waals surface area contributed by atoms with Gasteiger partial charge in [0.25, 0.3) is 0 Å². The average Bonchev–Trinajstić information content (AvgIpc) is 3.07. The maximum atomic E-state index is 3.51. The first-order valence-electron chi connectivity index (χ1n) is 7.84. The van der Waals surface area contributed by atoms with E-state index >= 15 is 0 Å². The van der Waals surface area contributed by atoms with E-state index in [1.807, 2.05) is 11.8 Å². The number of likely N-dealkylation sites (tertiary alicyclic amines) is 1. The van der Waals surface area contributed by atoms with E-state index in [9.17, 15) is 0 Å². The quantitative estimate of drug-likeness (QED) is 0.833. The largest absolute Gasteiger partial charge is 0.316 e. The van der Waals surface area contributed by atoms with E-state index in [1.54, 1.807) is 0 Å². The van der Waals surface area contributed by atoms with Crippen LogP contribution in [0.3, 0.4) is 0 Å². The molecule has 21 heavy (non-hydrogen) atoms. The van der Waals surface area contributed by atoms with E-state index in [-0.39, 0.29) is 12.4 Å². The number of hydrogen-bond acceptors (Lipinski definition) is 3. The molecule has 1 aromatic carbocycles. The van der Waals surface area contributed by atoms with Crippen LogP contribution in [0.4, 0.5) is 0 Å². The summed E-state index contributed by atoms with van der Waals surface area (Å²) in [5, 5.41) is 3.51. The molecular weight excluding hydrogens is 300 g/mol. The molecule has 1 aromatic rings. The van der Waals surface area contributed by atoms with Crippen LogP contribution in [0.25, 0.3) is 0 Å². The summed E-state index contributed by atoms with van der Waals surface area (Å²) in [7, 11) is 0. The van der Waals surface area contributed by atoms with Crippen LogP contribution in [0.1, 0.15) is 19.8 Å². The summed E-state index contributed by atoms with van der Waals surface area (Å²) >= 11 is 2.02. The van der Waals surface area contributed by atoms with Crippen molar-refractivity contribution in [3.8, 4) is 0 Å². The van der Waals surface area contributed by atoms with Gasteiger partial charge in [-0.1, -0.05) is 25.1 Å². The van der Waals surface area contributed by atoms with Crippen LogP contribution in [0.15, 0.2) is 35.2 Å². The minimum atomic E-state index is 0. The minimum Gasteiger partial charge on any atom is -0.316 e. The first-order valence-corrected chi connectivity index (χ1v) is 8.83. The van der Waals surface area contributed by atoms with Gasteiger partial charge in [0.05, 0.1) is 0 Å². The normalized spacial score (nSPS) is 29.5. The van der Waals surface area contributed by atoms with Crippen molar-refractivity contribution in [3.63, 3.8) is 0 Å². The Bertz CT molecular complexity index is 420. The van der Waals surface area contributed by atoms with Crippen LogP contribution in [0.5, 0.6) is 0 Å². The van der Waals surface area contributed by atoms with Gasteiger partial charge >= 0.3 is 0 Å². The molecule has 1 N–H and O–H groups in total. The molecular formula is C17H27ClN2S. The Kier molecular flexibility index (Phi) is 6.42. The molecule has 2 atom stereocenters. The van der Waals surface area contributed by atoms with E-state index in [0.29, 0.717) is 5.41 Å². The number of hydrogen-bond donors (Lipinski definition) is 1. The van der Waals surface area contributed by atoms with Crippen LogP contribution in [0.2, 0.25) is 0 Å². The lowest BCUT2D eigenvalue weighted by Gasteiger charge is -2.29. The summed E-state index contributed by atoms with van der Waals surface area (Å²) < 4.78 is 0. The van der Waals surface area contributed by atoms with Gasteiger partial charge in [-0.05, 0) is 49.4 Å². The molecule has 2 saturated heterocycles. The monoisotopic (exact) mass is 326 g/mol. The zero-order valence-corrected chi connectivity index (χ0v) is 14.5. The maximum Gasteiger partial charge on any atom is 0.00720 e. The highest BCUT2D eigenvalue weighted by atomic mass is 35.5. The van der Waals surface area contributed by atoms with E-state index < -0.39 is 0 Å². The van der Waals surface area contributed by atoms with Crippen LogP contribution < -0.4 is 5.32 Å². The molecule has 3 rings (SSSR count). The lowest BCUT2D eigenvalue weighted by molar-refractivity contribution is 0.205. The standard InChI is InChI=1S/C17H26N2S.ClH/c1-17(8-9-18-13-17)14-19-10-7-15(11-19)12-20-16-5-3-2-4-6-16;/h2-6,15,18H,7-14H2,1H3;1H. The van der Waals surface area contributed by atoms with Crippen molar-refractivity contribution >= 4 is 24.2 Å². The average molecular weight is 327 g/mol. The number of benzene rings is 1. The Hall–Kier alpha value is -0.220. The summed E-state index contributed by atoms with van der Waals surface area (Å²) in [6.45, 7) is 8.74. The number of halogens is 1. The molecule has 0 aromatic heterocycles. The second-order valence-electron chi connectivity index (χ2n) is 6.75. The maximum absolute atomic E-state index is 3.51. The fourth-order valence-electron chi connectivity index (χ4n) is 3.47. The van der Waals surface area contributed by atoms with Crippen molar-refractivity contribution in [1.82, 2.24) is 10.2 Å². The van der Waals surface area contributed by atoms with Crippen LogP contribution in [0, 0.1) is 11.3 Å². The predicted octanol–water partition coefficient (Wildman–Crippen LogP) is 3.52. The van der Waals surface area contributed by atoms with Gasteiger partial charge in [-0.25, -0.2) is 0 Å². The molecule has 2 heterocycles. The van der Waals surface area contributed by atoms with Crippen molar-refractivity contribution < 1.29 is 0 Å². The molecule has 2 fully saturated rings. The summed E-state index contributed by atoms with van der Waals surface area (Å²) in [6.07, 6.45) is 2.72. The smallest absolute Gasteiger partial charge is 0.00720 e. The minimum absolute atomic E-state index is 0. The highest BCUT2D eigenvalue weighted by Gasteiger charge is 2.33. The Morgan fingerprint density at radius 2 is 2.14 bits per heavy atom. The van der Waals surface area contributed by atoms with E-state index in [2.05, 4.69) is 47.5 Å². The molecule has 0 spiro atoms. The van der Waals surface area contributed by atoms with Crippen molar-refractivity contribution in [1.29, 1.82) is 0 Å². The topological polar surface area (TPSA) is 15.3 Å². The first kappa shape index (κ1) is 17.1. The molecule has 2 nitrogen and oxygen atoms in total. The molecule has 4 heteroatoms. The molecule has 0 bridgehead atoms. The first-order chi connectivity index (χ1) is 9.73. The lowest BCUT2D eigenvalue weighted by Crippen LogP contribution is -2.36. The highest BCUT2D eigenvalue weighted by Crippen LogP contribution is 2.30. The van der Waals surface area contributed by atoms with Gasteiger partial charge in [0.2, 0.25) is 0 Å². The number of rotatable bonds is 5. The van der Waals surface area contributed by atoms with Gasteiger partial charge in [0.1, 0.15) is 0 Å². The molecule has 0 saturated carbocycles. The van der Waals surface area contributed by atoms with Gasteiger partial charge < -0.3 is 10.2 Å². The molecule has 118 valence electrons. The number of nitrogens with one attached hydrogen (secondary N) is 1. The van der Waals surface area contributed by atoms with Crippen molar-refractivity contribution in [2.24, 2.45) is 11.3 Å². The van der Waals surface area contributed by atoms with Gasteiger partial charge in [0.15, 0.2) is 0 Å². The fourth-order valence-corrected chi connectivity index (χ4v) is 4.52. The summed E-state index contributed by atoms with van der Waals surface area (Å²) in [4.78, 5) is 4.11. The van der Waals surface area contributed by atoms with Gasteiger partial charge in [-0.3, -0.25) is 0 Å². The second kappa shape index (κ2) is 7.87. The molecule has 2 aliphatic rings. The predicted molar refractivity (Wildman–Crippen MR) is 94.6 cm³/mol. The van der Waals surface area contributed by atoms with Crippen LogP contribution >= 0.6 is 24.2 Å². The van der Waals surface area contributed by atoms with E-state index in [0.717, 1.165) is 5.92 Å². The number of nitrogens with zero attached hydrogens (tertiary/aromatic N) is 1. The Balaban J connectivity index is 0.00000161. The molecule has 2 aliphatic heterocycles. The Labute approximate surface area is 139 Å². The molecule has 0 radical (unpaired) electrons. The third-order valence-corrected chi connectivity index (χ3v) is 5.90. The second-order valence-corrected chi connectivity index (χ2v) is 7.84. The highest BCUT2D eigenvalue weighted by molar-refractivity contribution is 7.99. The Morgan fingerprint density at radius 1 is 1.33 bits per heavy atom. The zero-order chi connectivity index (χ0) is 13.8. The molecule has 2 unspecified atom stereocenters. The Morgan fingerprint density at radius 3 is 2.86 bits per heavy atom.